The number of carbonyl (C=O) groups is 6. The number of Topliss-reactive ketones (excluding diaryl/α,β-unsaturated/α-hetero) is 1. The number of terminal acetylenes is 1. The fourth-order valence-electron chi connectivity index (χ4n) is 4.95. The molecule has 3 aromatic rings. The predicted octanol–water partition coefficient (Wildman–Crippen LogP) is 3.29. The molecule has 1 unspecified atom stereocenters. The number of aryl methyl sites for hydroxylation is 1. The molecule has 1 amide bonds. The van der Waals surface area contributed by atoms with Gasteiger partial charge in [0, 0.05) is 41.1 Å². The highest BCUT2D eigenvalue weighted by Gasteiger charge is 2.15. The molecular weight excluding hydrogens is 828 g/mol. The summed E-state index contributed by atoms with van der Waals surface area (Å²) >= 11 is 0. The Bertz CT molecular complexity index is 2080. The zero-order valence-corrected chi connectivity index (χ0v) is 34.8. The van der Waals surface area contributed by atoms with Crippen LogP contribution in [0.2, 0.25) is 0 Å². The van der Waals surface area contributed by atoms with Gasteiger partial charge in [0.1, 0.15) is 41.3 Å². The summed E-state index contributed by atoms with van der Waals surface area (Å²) in [4.78, 5) is 77.2. The van der Waals surface area contributed by atoms with Gasteiger partial charge in [-0.3, -0.25) is 19.2 Å². The van der Waals surface area contributed by atoms with E-state index >= 15 is 0 Å². The number of carboxylic acid groups (broad SMARTS) is 4. The zero-order chi connectivity index (χ0) is 47.9. The summed E-state index contributed by atoms with van der Waals surface area (Å²) in [6.45, 7) is 1.91. The van der Waals surface area contributed by atoms with Crippen molar-refractivity contribution < 1.29 is 63.5 Å². The predicted molar refractivity (Wildman–Crippen MR) is 230 cm³/mol. The number of nitrogens with zero attached hydrogens (tertiary/aromatic N) is 3. The third-order valence-corrected chi connectivity index (χ3v) is 8.40. The summed E-state index contributed by atoms with van der Waals surface area (Å²) in [5.41, 5.74) is 31.2. The van der Waals surface area contributed by atoms with Crippen LogP contribution in [0, 0.1) is 12.3 Å². The largest absolute Gasteiger partial charge is 0.508 e. The van der Waals surface area contributed by atoms with Crippen molar-refractivity contribution in [3.63, 3.8) is 0 Å². The van der Waals surface area contributed by atoms with E-state index in [4.69, 9.17) is 59.7 Å². The van der Waals surface area contributed by atoms with Crippen LogP contribution in [-0.2, 0) is 41.6 Å². The number of benzene rings is 2. The first-order chi connectivity index (χ1) is 29.7. The number of ketones is 1. The number of nitrogens with two attached hydrogens (primary N) is 4. The smallest absolute Gasteiger partial charge is 0.408 e. The summed E-state index contributed by atoms with van der Waals surface area (Å²) in [5.74, 6) is -1.74. The lowest BCUT2D eigenvalue weighted by Gasteiger charge is -2.08. The van der Waals surface area contributed by atoms with E-state index in [1.165, 1.54) is 18.2 Å². The third-order valence-electron chi connectivity index (χ3n) is 8.40. The first-order valence-electron chi connectivity index (χ1n) is 19.4. The molecule has 63 heavy (non-hydrogen) atoms. The first kappa shape index (κ1) is 56.0. The lowest BCUT2D eigenvalue weighted by atomic mass is 10.0. The molecule has 2 aromatic carbocycles. The molecule has 0 bridgehead atoms. The molecule has 0 saturated carbocycles. The van der Waals surface area contributed by atoms with Crippen LogP contribution in [-0.4, -0.2) is 98.6 Å². The monoisotopic (exact) mass is 884 g/mol. The lowest BCUT2D eigenvalue weighted by Crippen LogP contribution is -2.32. The summed E-state index contributed by atoms with van der Waals surface area (Å²) in [6.07, 6.45) is 10.4. The normalized spacial score (nSPS) is 11.9. The summed E-state index contributed by atoms with van der Waals surface area (Å²) in [7, 11) is 0. The van der Waals surface area contributed by atoms with Crippen molar-refractivity contribution in [1.82, 2.24) is 5.32 Å². The number of alkyl carbamates (subject to hydrolysis) is 1. The Morgan fingerprint density at radius 3 is 1.89 bits per heavy atom. The van der Waals surface area contributed by atoms with Gasteiger partial charge in [-0.2, -0.15) is 0 Å². The number of aromatic hydroxyl groups is 1. The molecule has 0 aliphatic rings. The SMILES string of the molecule is C#CCOC(=O)NCCCC[C@H](N)C(=O)O.CC(=O)CCCCCC(N)C(=O)O.N[C@@H](CCc1cc(=O)oc2cc(O)ccc12)C(=O)O.[N-]=[N+]=Nc1ccc(C[C@H](N)C(=O)O)cc1. The number of azide groups is 1. The van der Waals surface area contributed by atoms with E-state index in [9.17, 15) is 38.7 Å². The molecule has 22 nitrogen and oxygen atoms in total. The van der Waals surface area contributed by atoms with Crippen molar-refractivity contribution in [3.8, 4) is 18.1 Å². The fraction of sp³-hybridized carbons (Fsp3) is 0.439. The van der Waals surface area contributed by atoms with E-state index in [2.05, 4.69) is 26.0 Å². The topological polar surface area (TPSA) is 408 Å². The van der Waals surface area contributed by atoms with Gasteiger partial charge in [-0.15, -0.1) is 6.42 Å². The third kappa shape index (κ3) is 26.7. The number of ether oxygens (including phenoxy) is 1. The minimum Gasteiger partial charge on any atom is -0.508 e. The second kappa shape index (κ2) is 31.8. The number of aliphatic carboxylic acids is 4. The number of phenols is 1. The van der Waals surface area contributed by atoms with E-state index in [0.717, 1.165) is 24.8 Å². The summed E-state index contributed by atoms with van der Waals surface area (Å²) in [6, 6.07) is 8.89. The zero-order valence-electron chi connectivity index (χ0n) is 34.8. The molecule has 0 fully saturated rings. The standard InChI is InChI=1S/C13H13NO5.C10H16N2O4.C9H10N4O2.C9H17NO3/c14-10(13(17)18)4-1-7-5-12(16)19-11-6-8(15)2-3-9(7)11;1-2-7-16-10(15)12-6-4-3-5-8(11)9(13)14;10-8(9(14)15)5-6-1-3-7(4-2-6)12-13-11;1-7(11)5-3-2-4-6-8(10)9(12)13/h2-3,5-6,10,15H,1,4,14H2,(H,17,18);1,8H,3-7,11H2,(H,12,15)(H,13,14);1-4,8H,5,10H2,(H,14,15);8H,2-6,10H2,1H3,(H,12,13)/t10-;2*8-;/m000./s1. The molecule has 344 valence electrons. The number of nitrogens with one attached hydrogen (secondary N) is 1. The van der Waals surface area contributed by atoms with E-state index in [1.54, 1.807) is 37.3 Å². The quantitative estimate of drug-likeness (QED) is 0.0173. The van der Waals surface area contributed by atoms with Gasteiger partial charge < -0.3 is 67.7 Å². The summed E-state index contributed by atoms with van der Waals surface area (Å²) < 4.78 is 9.53. The Hall–Kier alpha value is -7.02. The van der Waals surface area contributed by atoms with Crippen molar-refractivity contribution >= 4 is 52.4 Å². The van der Waals surface area contributed by atoms with Crippen LogP contribution in [0.4, 0.5) is 10.5 Å². The Labute approximate surface area is 362 Å². The van der Waals surface area contributed by atoms with Gasteiger partial charge in [0.15, 0.2) is 6.61 Å². The Kier molecular flexibility index (Phi) is 28.3. The summed E-state index contributed by atoms with van der Waals surface area (Å²) in [5, 5.41) is 50.1. The molecule has 22 heteroatoms. The van der Waals surface area contributed by atoms with Crippen LogP contribution in [0.15, 0.2) is 62.9 Å². The Morgan fingerprint density at radius 2 is 1.37 bits per heavy atom. The van der Waals surface area contributed by atoms with Crippen LogP contribution in [0.1, 0.15) is 75.8 Å². The molecule has 3 rings (SSSR count). The van der Waals surface area contributed by atoms with Gasteiger partial charge in [-0.25, -0.2) is 9.59 Å². The highest BCUT2D eigenvalue weighted by molar-refractivity contribution is 5.82. The fourth-order valence-corrected chi connectivity index (χ4v) is 4.95. The van der Waals surface area contributed by atoms with E-state index in [1.807, 2.05) is 0 Å². The number of unbranched alkanes of at least 4 members (excludes halogenated alkanes) is 3. The van der Waals surface area contributed by atoms with E-state index < -0.39 is 59.8 Å². The van der Waals surface area contributed by atoms with Crippen molar-refractivity contribution in [2.45, 2.75) is 102 Å². The number of amides is 1. The van der Waals surface area contributed by atoms with Crippen LogP contribution >= 0.6 is 0 Å². The van der Waals surface area contributed by atoms with E-state index in [0.29, 0.717) is 61.7 Å². The average molecular weight is 885 g/mol. The van der Waals surface area contributed by atoms with Crippen LogP contribution < -0.4 is 33.9 Å². The number of phenolic OH excluding ortho intramolecular Hbond substituents is 1. The molecule has 0 aliphatic carbocycles. The maximum absolute atomic E-state index is 11.4. The highest BCUT2D eigenvalue weighted by atomic mass is 16.5. The molecule has 1 heterocycles. The maximum Gasteiger partial charge on any atom is 0.408 e. The molecule has 0 saturated heterocycles. The van der Waals surface area contributed by atoms with Crippen molar-refractivity contribution in [2.75, 3.05) is 13.2 Å². The molecule has 0 radical (unpaired) electrons. The number of fused-ring (bicyclic) bond motifs is 1. The van der Waals surface area contributed by atoms with Gasteiger partial charge in [0.25, 0.3) is 0 Å². The van der Waals surface area contributed by atoms with Crippen molar-refractivity contribution in [2.24, 2.45) is 28.0 Å². The molecule has 14 N–H and O–H groups in total. The molecule has 4 atom stereocenters. The first-order valence-corrected chi connectivity index (χ1v) is 19.4. The molecule has 1 aromatic heterocycles. The van der Waals surface area contributed by atoms with Crippen LogP contribution in [0.3, 0.4) is 0 Å². The van der Waals surface area contributed by atoms with Gasteiger partial charge in [0.2, 0.25) is 0 Å². The van der Waals surface area contributed by atoms with Crippen molar-refractivity contribution in [1.29, 1.82) is 0 Å². The van der Waals surface area contributed by atoms with Gasteiger partial charge in [-0.1, -0.05) is 48.1 Å². The van der Waals surface area contributed by atoms with Crippen molar-refractivity contribution in [3.05, 3.63) is 80.5 Å². The molecular formula is C41H56N8O14. The Balaban J connectivity index is 0.000000822. The molecule has 0 aliphatic heterocycles. The number of rotatable bonds is 22. The minimum absolute atomic E-state index is 0.00460. The van der Waals surface area contributed by atoms with Crippen LogP contribution in [0.25, 0.3) is 21.4 Å². The number of hydrogen-bond acceptors (Lipinski definition) is 15. The minimum atomic E-state index is -1.08. The lowest BCUT2D eigenvalue weighted by molar-refractivity contribution is -0.139. The second-order valence-electron chi connectivity index (χ2n) is 13.7. The maximum atomic E-state index is 11.4. The Morgan fingerprint density at radius 1 is 0.810 bits per heavy atom. The number of carboxylic acids is 4. The molecule has 0 spiro atoms. The number of carbonyl (C=O) groups excluding carboxylic acids is 2. The number of hydrogen-bond donors (Lipinski definition) is 10. The van der Waals surface area contributed by atoms with Crippen LogP contribution in [0.5, 0.6) is 5.75 Å². The highest BCUT2D eigenvalue weighted by Crippen LogP contribution is 2.23. The second-order valence-corrected chi connectivity index (χ2v) is 13.7. The van der Waals surface area contributed by atoms with Gasteiger partial charge in [0.05, 0.1) is 0 Å². The average Bonchev–Trinajstić information content (AvgIpc) is 3.22. The van der Waals surface area contributed by atoms with E-state index in [-0.39, 0.29) is 36.6 Å². The van der Waals surface area contributed by atoms with Gasteiger partial charge >= 0.3 is 35.6 Å². The van der Waals surface area contributed by atoms with Gasteiger partial charge in [-0.05, 0) is 87.1 Å².